The summed E-state index contributed by atoms with van der Waals surface area (Å²) in [5.41, 5.74) is -0.674. The van der Waals surface area contributed by atoms with Crippen LogP contribution in [0.3, 0.4) is 0 Å². The zero-order valence-electron chi connectivity index (χ0n) is 9.09. The molecule has 84 valence electrons. The summed E-state index contributed by atoms with van der Waals surface area (Å²) in [6, 6.07) is 0. The van der Waals surface area contributed by atoms with E-state index >= 15 is 0 Å². The Labute approximate surface area is 88.0 Å². The summed E-state index contributed by atoms with van der Waals surface area (Å²) in [5.74, 6) is -0.718. The molecule has 0 aromatic carbocycles. The van der Waals surface area contributed by atoms with Gasteiger partial charge in [-0.15, -0.1) is 0 Å². The molecule has 1 heterocycles. The first-order valence-corrected chi connectivity index (χ1v) is 4.69. The molecule has 0 spiro atoms. The van der Waals surface area contributed by atoms with Gasteiger partial charge in [-0.25, -0.2) is 0 Å². The molecule has 2 N–H and O–H groups in total. The van der Waals surface area contributed by atoms with E-state index in [1.807, 2.05) is 0 Å². The lowest BCUT2D eigenvalue weighted by Crippen LogP contribution is -2.51. The Morgan fingerprint density at radius 3 is 2.53 bits per heavy atom. The second-order valence-corrected chi connectivity index (χ2v) is 4.00. The van der Waals surface area contributed by atoms with E-state index in [9.17, 15) is 14.4 Å². The SMILES string of the molecule is CC(=O)NCC(=O)N1CC(=O)NC1(C)C. The first kappa shape index (κ1) is 11.5. The normalized spacial score (nSPS) is 18.6. The molecule has 0 saturated carbocycles. The molecule has 1 aliphatic rings. The predicted octanol–water partition coefficient (Wildman–Crippen LogP) is -1.18. The minimum absolute atomic E-state index is 0.0470. The van der Waals surface area contributed by atoms with Crippen LogP contribution in [-0.2, 0) is 14.4 Å². The minimum Gasteiger partial charge on any atom is -0.347 e. The second kappa shape index (κ2) is 3.88. The molecular weight excluding hydrogens is 198 g/mol. The first-order valence-electron chi connectivity index (χ1n) is 4.69. The molecule has 0 aromatic rings. The number of rotatable bonds is 2. The number of hydrogen-bond acceptors (Lipinski definition) is 3. The lowest BCUT2D eigenvalue weighted by Gasteiger charge is -2.30. The fourth-order valence-corrected chi connectivity index (χ4v) is 1.48. The van der Waals surface area contributed by atoms with Gasteiger partial charge in [0, 0.05) is 6.92 Å². The van der Waals surface area contributed by atoms with E-state index < -0.39 is 5.66 Å². The minimum atomic E-state index is -0.674. The topological polar surface area (TPSA) is 78.5 Å². The third kappa shape index (κ3) is 2.68. The van der Waals surface area contributed by atoms with Gasteiger partial charge in [0.15, 0.2) is 0 Å². The molecule has 0 aliphatic carbocycles. The second-order valence-electron chi connectivity index (χ2n) is 4.00. The summed E-state index contributed by atoms with van der Waals surface area (Å²) in [6.45, 7) is 4.79. The Kier molecular flexibility index (Phi) is 2.97. The van der Waals surface area contributed by atoms with Crippen molar-refractivity contribution in [3.05, 3.63) is 0 Å². The molecule has 15 heavy (non-hydrogen) atoms. The molecule has 0 bridgehead atoms. The van der Waals surface area contributed by atoms with Crippen LogP contribution in [0.2, 0.25) is 0 Å². The maximum absolute atomic E-state index is 11.6. The maximum Gasteiger partial charge on any atom is 0.244 e. The lowest BCUT2D eigenvalue weighted by molar-refractivity contribution is -0.136. The highest BCUT2D eigenvalue weighted by Gasteiger charge is 2.39. The molecule has 1 fully saturated rings. The monoisotopic (exact) mass is 213 g/mol. The third-order valence-electron chi connectivity index (χ3n) is 2.21. The number of nitrogens with zero attached hydrogens (tertiary/aromatic N) is 1. The quantitative estimate of drug-likeness (QED) is 0.606. The van der Waals surface area contributed by atoms with Crippen LogP contribution in [0.15, 0.2) is 0 Å². The van der Waals surface area contributed by atoms with Crippen LogP contribution in [0.25, 0.3) is 0 Å². The summed E-state index contributed by atoms with van der Waals surface area (Å²) < 4.78 is 0. The van der Waals surface area contributed by atoms with Crippen molar-refractivity contribution in [3.63, 3.8) is 0 Å². The zero-order valence-corrected chi connectivity index (χ0v) is 9.09. The van der Waals surface area contributed by atoms with Crippen LogP contribution in [0.5, 0.6) is 0 Å². The van der Waals surface area contributed by atoms with Gasteiger partial charge in [-0.2, -0.15) is 0 Å². The van der Waals surface area contributed by atoms with E-state index in [0.29, 0.717) is 0 Å². The predicted molar refractivity (Wildman–Crippen MR) is 52.6 cm³/mol. The number of carbonyl (C=O) groups is 3. The summed E-state index contributed by atoms with van der Waals surface area (Å²) in [4.78, 5) is 34.8. The molecule has 0 aromatic heterocycles. The smallest absolute Gasteiger partial charge is 0.244 e. The maximum atomic E-state index is 11.6. The average molecular weight is 213 g/mol. The van der Waals surface area contributed by atoms with Gasteiger partial charge in [0.1, 0.15) is 12.2 Å². The van der Waals surface area contributed by atoms with Crippen molar-refractivity contribution in [1.82, 2.24) is 15.5 Å². The van der Waals surface area contributed by atoms with E-state index in [1.165, 1.54) is 11.8 Å². The van der Waals surface area contributed by atoms with Crippen molar-refractivity contribution in [1.29, 1.82) is 0 Å². The summed E-state index contributed by atoms with van der Waals surface area (Å²) in [6.07, 6.45) is 0. The van der Waals surface area contributed by atoms with Gasteiger partial charge in [0.05, 0.1) is 6.54 Å². The Bertz CT molecular complexity index is 312. The van der Waals surface area contributed by atoms with Gasteiger partial charge in [0.25, 0.3) is 0 Å². The largest absolute Gasteiger partial charge is 0.347 e. The molecule has 0 atom stereocenters. The van der Waals surface area contributed by atoms with Crippen molar-refractivity contribution in [2.45, 2.75) is 26.4 Å². The molecule has 0 radical (unpaired) electrons. The van der Waals surface area contributed by atoms with E-state index in [0.717, 1.165) is 0 Å². The fraction of sp³-hybridized carbons (Fsp3) is 0.667. The van der Waals surface area contributed by atoms with E-state index in [-0.39, 0.29) is 30.8 Å². The molecule has 3 amide bonds. The first-order chi connectivity index (χ1) is 6.83. The Balaban J connectivity index is 2.60. The summed E-state index contributed by atoms with van der Waals surface area (Å²) >= 11 is 0. The van der Waals surface area contributed by atoms with Gasteiger partial charge in [-0.1, -0.05) is 0 Å². The summed E-state index contributed by atoms with van der Waals surface area (Å²) in [7, 11) is 0. The van der Waals surface area contributed by atoms with E-state index in [2.05, 4.69) is 10.6 Å². The Hall–Kier alpha value is -1.59. The van der Waals surface area contributed by atoms with Crippen molar-refractivity contribution >= 4 is 17.7 Å². The number of hydrogen-bond donors (Lipinski definition) is 2. The standard InChI is InChI=1S/C9H15N3O3/c1-6(13)10-4-8(15)12-5-7(14)11-9(12,2)3/h4-5H2,1-3H3,(H,10,13)(H,11,14). The van der Waals surface area contributed by atoms with E-state index in [1.54, 1.807) is 13.8 Å². The highest BCUT2D eigenvalue weighted by atomic mass is 16.2. The van der Waals surface area contributed by atoms with Gasteiger partial charge in [-0.05, 0) is 13.8 Å². The van der Waals surface area contributed by atoms with E-state index in [4.69, 9.17) is 0 Å². The highest BCUT2D eigenvalue weighted by molar-refractivity contribution is 5.91. The molecular formula is C9H15N3O3. The van der Waals surface area contributed by atoms with Crippen LogP contribution < -0.4 is 10.6 Å². The van der Waals surface area contributed by atoms with Gasteiger partial charge < -0.3 is 15.5 Å². The Morgan fingerprint density at radius 1 is 1.53 bits per heavy atom. The highest BCUT2D eigenvalue weighted by Crippen LogP contribution is 2.15. The van der Waals surface area contributed by atoms with Gasteiger partial charge in [-0.3, -0.25) is 14.4 Å². The number of carbonyl (C=O) groups excluding carboxylic acids is 3. The number of nitrogens with one attached hydrogen (secondary N) is 2. The van der Waals surface area contributed by atoms with Crippen LogP contribution in [0, 0.1) is 0 Å². The molecule has 1 saturated heterocycles. The van der Waals surface area contributed by atoms with Crippen molar-refractivity contribution in [2.24, 2.45) is 0 Å². The van der Waals surface area contributed by atoms with Crippen molar-refractivity contribution in [2.75, 3.05) is 13.1 Å². The number of amides is 3. The molecule has 1 aliphatic heterocycles. The third-order valence-corrected chi connectivity index (χ3v) is 2.21. The Morgan fingerprint density at radius 2 is 2.13 bits per heavy atom. The van der Waals surface area contributed by atoms with Crippen LogP contribution >= 0.6 is 0 Å². The van der Waals surface area contributed by atoms with Gasteiger partial charge >= 0.3 is 0 Å². The lowest BCUT2D eigenvalue weighted by atomic mass is 10.2. The van der Waals surface area contributed by atoms with Crippen LogP contribution in [-0.4, -0.2) is 41.4 Å². The van der Waals surface area contributed by atoms with Gasteiger partial charge in [0.2, 0.25) is 17.7 Å². The van der Waals surface area contributed by atoms with Crippen molar-refractivity contribution in [3.8, 4) is 0 Å². The van der Waals surface area contributed by atoms with Crippen LogP contribution in [0.1, 0.15) is 20.8 Å². The molecule has 6 nitrogen and oxygen atoms in total. The zero-order chi connectivity index (χ0) is 11.6. The van der Waals surface area contributed by atoms with Crippen molar-refractivity contribution < 1.29 is 14.4 Å². The summed E-state index contributed by atoms with van der Waals surface area (Å²) in [5, 5.41) is 5.07. The average Bonchev–Trinajstić information content (AvgIpc) is 2.35. The van der Waals surface area contributed by atoms with Crippen LogP contribution in [0.4, 0.5) is 0 Å². The molecule has 1 rings (SSSR count). The fourth-order valence-electron chi connectivity index (χ4n) is 1.48. The molecule has 0 unspecified atom stereocenters. The molecule has 6 heteroatoms.